The number of rotatable bonds is 6. The lowest BCUT2D eigenvalue weighted by Crippen LogP contribution is -2.23. The lowest BCUT2D eigenvalue weighted by atomic mass is 10.1. The number of nitrogens with one attached hydrogen (secondary N) is 1. The molecule has 1 atom stereocenters. The quantitative estimate of drug-likeness (QED) is 0.889. The first-order chi connectivity index (χ1) is 10.6. The van der Waals surface area contributed by atoms with Gasteiger partial charge < -0.3 is 9.88 Å². The van der Waals surface area contributed by atoms with Gasteiger partial charge in [-0.15, -0.1) is 0 Å². The molecule has 1 fully saturated rings. The van der Waals surface area contributed by atoms with E-state index in [0.29, 0.717) is 5.75 Å². The highest BCUT2D eigenvalue weighted by molar-refractivity contribution is 7.81. The van der Waals surface area contributed by atoms with Crippen LogP contribution in [0.5, 0.6) is 0 Å². The minimum atomic E-state index is -0.880. The second-order valence-corrected chi connectivity index (χ2v) is 7.80. The number of aromatic amines is 1. The Kier molecular flexibility index (Phi) is 4.96. The van der Waals surface area contributed by atoms with E-state index >= 15 is 0 Å². The molecule has 1 aromatic carbocycles. The first kappa shape index (κ1) is 15.7. The van der Waals surface area contributed by atoms with Crippen LogP contribution in [0.15, 0.2) is 24.4 Å². The maximum Gasteiger partial charge on any atom is 0.0987 e. The number of H-pyrrole nitrogens is 1. The zero-order chi connectivity index (χ0) is 15.5. The Morgan fingerprint density at radius 1 is 1.27 bits per heavy atom. The summed E-state index contributed by atoms with van der Waals surface area (Å²) in [6, 6.07) is 6.43. The van der Waals surface area contributed by atoms with Crippen LogP contribution in [0.2, 0.25) is 0 Å². The number of benzene rings is 1. The molecule has 1 unspecified atom stereocenters. The smallest absolute Gasteiger partial charge is 0.0987 e. The van der Waals surface area contributed by atoms with Gasteiger partial charge >= 0.3 is 0 Å². The first-order valence-electron chi connectivity index (χ1n) is 8.00. The first-order valence-corrected chi connectivity index (χ1v) is 9.28. The van der Waals surface area contributed by atoms with Gasteiger partial charge in [-0.05, 0) is 56.6 Å². The van der Waals surface area contributed by atoms with Crippen LogP contribution in [-0.4, -0.2) is 52.1 Å². The second-order valence-electron chi connectivity index (χ2n) is 6.35. The number of hydrogen-bond acceptors (Lipinski definition) is 2. The van der Waals surface area contributed by atoms with Gasteiger partial charge in [0.1, 0.15) is 0 Å². The third-order valence-corrected chi connectivity index (χ3v) is 5.82. The minimum Gasteiger partial charge on any atom is -0.361 e. The van der Waals surface area contributed by atoms with E-state index in [0.717, 1.165) is 26.1 Å². The third-order valence-electron chi connectivity index (χ3n) is 4.30. The normalized spacial score (nSPS) is 17.6. The van der Waals surface area contributed by atoms with Crippen LogP contribution in [0.25, 0.3) is 10.9 Å². The SMILES string of the molecule is CN(C)CCc1c[nH]c2ccc(CS(=O)N3CCCC3)cc12. The fraction of sp³-hybridized carbons (Fsp3) is 0.529. The summed E-state index contributed by atoms with van der Waals surface area (Å²) in [5, 5.41) is 1.28. The van der Waals surface area contributed by atoms with E-state index in [1.54, 1.807) is 0 Å². The zero-order valence-electron chi connectivity index (χ0n) is 13.5. The van der Waals surface area contributed by atoms with Gasteiger partial charge in [-0.2, -0.15) is 0 Å². The second kappa shape index (κ2) is 6.94. The van der Waals surface area contributed by atoms with Crippen LogP contribution < -0.4 is 0 Å². The Balaban J connectivity index is 1.76. The van der Waals surface area contributed by atoms with E-state index < -0.39 is 11.0 Å². The molecule has 1 aliphatic heterocycles. The number of hydrogen-bond donors (Lipinski definition) is 1. The van der Waals surface area contributed by atoms with Gasteiger partial charge in [0.25, 0.3) is 0 Å². The molecule has 1 saturated heterocycles. The molecule has 0 radical (unpaired) electrons. The molecule has 0 bridgehead atoms. The van der Waals surface area contributed by atoms with Gasteiger partial charge in [0, 0.05) is 36.7 Å². The monoisotopic (exact) mass is 319 g/mol. The summed E-state index contributed by atoms with van der Waals surface area (Å²) in [4.78, 5) is 5.54. The van der Waals surface area contributed by atoms with Crippen molar-refractivity contribution < 1.29 is 4.21 Å². The van der Waals surface area contributed by atoms with Crippen LogP contribution >= 0.6 is 0 Å². The Morgan fingerprint density at radius 3 is 2.77 bits per heavy atom. The molecule has 2 aromatic rings. The van der Waals surface area contributed by atoms with Crippen molar-refractivity contribution in [1.82, 2.24) is 14.2 Å². The lowest BCUT2D eigenvalue weighted by Gasteiger charge is -2.13. The summed E-state index contributed by atoms with van der Waals surface area (Å²) in [5.74, 6) is 0.633. The Labute approximate surface area is 135 Å². The van der Waals surface area contributed by atoms with E-state index in [1.807, 2.05) is 0 Å². The van der Waals surface area contributed by atoms with Crippen molar-refractivity contribution in [2.45, 2.75) is 25.0 Å². The van der Waals surface area contributed by atoms with Crippen molar-refractivity contribution in [2.75, 3.05) is 33.7 Å². The molecule has 1 aliphatic rings. The highest BCUT2D eigenvalue weighted by Gasteiger charge is 2.18. The summed E-state index contributed by atoms with van der Waals surface area (Å²) < 4.78 is 14.5. The Morgan fingerprint density at radius 2 is 2.05 bits per heavy atom. The summed E-state index contributed by atoms with van der Waals surface area (Å²) in [7, 11) is 3.31. The van der Waals surface area contributed by atoms with E-state index in [1.165, 1.54) is 34.9 Å². The van der Waals surface area contributed by atoms with Gasteiger partial charge in [-0.1, -0.05) is 6.07 Å². The Hall–Kier alpha value is -1.17. The molecule has 1 N–H and O–H groups in total. The van der Waals surface area contributed by atoms with Gasteiger partial charge in [0.2, 0.25) is 0 Å². The highest BCUT2D eigenvalue weighted by atomic mass is 32.2. The van der Waals surface area contributed by atoms with Gasteiger partial charge in [0.15, 0.2) is 0 Å². The van der Waals surface area contributed by atoms with Crippen molar-refractivity contribution in [2.24, 2.45) is 0 Å². The summed E-state index contributed by atoms with van der Waals surface area (Å²) in [6.45, 7) is 3.00. The fourth-order valence-corrected chi connectivity index (χ4v) is 4.30. The van der Waals surface area contributed by atoms with Crippen molar-refractivity contribution in [1.29, 1.82) is 0 Å². The van der Waals surface area contributed by atoms with E-state index in [9.17, 15) is 4.21 Å². The van der Waals surface area contributed by atoms with Crippen LogP contribution in [0.3, 0.4) is 0 Å². The maximum atomic E-state index is 12.4. The number of nitrogens with zero attached hydrogens (tertiary/aromatic N) is 2. The van der Waals surface area contributed by atoms with Gasteiger partial charge in [-0.3, -0.25) is 0 Å². The molecular weight excluding hydrogens is 294 g/mol. The molecule has 0 amide bonds. The number of aromatic nitrogens is 1. The molecule has 3 rings (SSSR count). The average Bonchev–Trinajstić information content (AvgIpc) is 3.14. The molecule has 0 aliphatic carbocycles. The molecule has 1 aromatic heterocycles. The lowest BCUT2D eigenvalue weighted by molar-refractivity contribution is 0.414. The average molecular weight is 319 g/mol. The zero-order valence-corrected chi connectivity index (χ0v) is 14.3. The molecular formula is C17H25N3OS. The van der Waals surface area contributed by atoms with Crippen LogP contribution in [0, 0.1) is 0 Å². The summed E-state index contributed by atoms with van der Waals surface area (Å²) >= 11 is 0. The molecule has 4 nitrogen and oxygen atoms in total. The van der Waals surface area contributed by atoms with Crippen LogP contribution in [-0.2, 0) is 23.2 Å². The standard InChI is InChI=1S/C17H25N3OS/c1-19(2)10-7-15-12-18-17-6-5-14(11-16(15)17)13-22(21)20-8-3-4-9-20/h5-6,11-12,18H,3-4,7-10,13H2,1-2H3. The molecule has 2 heterocycles. The van der Waals surface area contributed by atoms with Gasteiger partial charge in [0.05, 0.1) is 16.7 Å². The topological polar surface area (TPSA) is 39.3 Å². The predicted molar refractivity (Wildman–Crippen MR) is 93.2 cm³/mol. The summed E-state index contributed by atoms with van der Waals surface area (Å²) in [5.41, 5.74) is 3.69. The Bertz CT molecular complexity index is 659. The number of likely N-dealkylation sites (N-methyl/N-ethyl adjacent to an activating group) is 1. The van der Waals surface area contributed by atoms with Crippen molar-refractivity contribution in [3.8, 4) is 0 Å². The fourth-order valence-electron chi connectivity index (χ4n) is 2.99. The maximum absolute atomic E-state index is 12.4. The van der Waals surface area contributed by atoms with Crippen molar-refractivity contribution in [3.63, 3.8) is 0 Å². The summed E-state index contributed by atoms with van der Waals surface area (Å²) in [6.07, 6.45) is 5.50. The highest BCUT2D eigenvalue weighted by Crippen LogP contribution is 2.22. The van der Waals surface area contributed by atoms with Crippen LogP contribution in [0.4, 0.5) is 0 Å². The van der Waals surface area contributed by atoms with Gasteiger partial charge in [-0.25, -0.2) is 8.51 Å². The number of fused-ring (bicyclic) bond motifs is 1. The van der Waals surface area contributed by atoms with E-state index in [4.69, 9.17) is 0 Å². The third kappa shape index (κ3) is 3.59. The van der Waals surface area contributed by atoms with E-state index in [-0.39, 0.29) is 0 Å². The largest absolute Gasteiger partial charge is 0.361 e. The van der Waals surface area contributed by atoms with E-state index in [2.05, 4.69) is 52.7 Å². The minimum absolute atomic E-state index is 0.633. The molecule has 22 heavy (non-hydrogen) atoms. The van der Waals surface area contributed by atoms with Crippen molar-refractivity contribution >= 4 is 21.9 Å². The molecule has 0 saturated carbocycles. The van der Waals surface area contributed by atoms with Crippen molar-refractivity contribution in [3.05, 3.63) is 35.5 Å². The molecule has 0 spiro atoms. The predicted octanol–water partition coefficient (Wildman–Crippen LogP) is 2.53. The molecule has 5 heteroatoms. The van der Waals surface area contributed by atoms with Crippen LogP contribution in [0.1, 0.15) is 24.0 Å². The molecule has 120 valence electrons.